The molecule has 0 heterocycles. The molecule has 1 N–H and O–H groups in total. The quantitative estimate of drug-likeness (QED) is 0.626. The Hall–Kier alpha value is -2.23. The van der Waals surface area contributed by atoms with Crippen LogP contribution in [0.3, 0.4) is 0 Å². The molecule has 0 atom stereocenters. The molecule has 0 aliphatic heterocycles. The van der Waals surface area contributed by atoms with Crippen LogP contribution in [0.1, 0.15) is 11.1 Å². The molecule has 0 aliphatic carbocycles. The van der Waals surface area contributed by atoms with Crippen LogP contribution in [0.25, 0.3) is 10.8 Å². The molecule has 3 aromatic rings. The van der Waals surface area contributed by atoms with Crippen molar-refractivity contribution >= 4 is 23.2 Å². The number of rotatable bonds is 7. The number of methoxy groups -OCH3 is 2. The van der Waals surface area contributed by atoms with Gasteiger partial charge in [0.2, 0.25) is 0 Å². The molecular weight excluding hydrogens is 334 g/mol. The van der Waals surface area contributed by atoms with E-state index >= 15 is 0 Å². The fraction of sp³-hybridized carbons (Fsp3) is 0.238. The summed E-state index contributed by atoms with van der Waals surface area (Å²) in [4.78, 5) is 0. The zero-order valence-electron chi connectivity index (χ0n) is 14.6. The third-order valence-electron chi connectivity index (χ3n) is 4.27. The van der Waals surface area contributed by atoms with E-state index in [2.05, 4.69) is 47.8 Å². The molecule has 0 aromatic heterocycles. The van der Waals surface area contributed by atoms with Crippen LogP contribution in [0.2, 0.25) is 0 Å². The van der Waals surface area contributed by atoms with Gasteiger partial charge in [-0.15, -0.1) is 12.4 Å². The van der Waals surface area contributed by atoms with Gasteiger partial charge in [0.1, 0.15) is 11.5 Å². The molecule has 3 rings (SSSR count). The largest absolute Gasteiger partial charge is 0.497 e. The van der Waals surface area contributed by atoms with E-state index in [1.54, 1.807) is 14.2 Å². The SMILES string of the molecule is COc1ccc(CCNCc2c(OC)ccc3ccccc23)cc1.Cl. The lowest BCUT2D eigenvalue weighted by atomic mass is 10.0. The summed E-state index contributed by atoms with van der Waals surface area (Å²) in [5.41, 5.74) is 2.51. The Morgan fingerprint density at radius 1 is 0.840 bits per heavy atom. The number of fused-ring (bicyclic) bond motifs is 1. The Kier molecular flexibility index (Phi) is 7.11. The molecule has 4 heteroatoms. The maximum absolute atomic E-state index is 5.54. The Balaban J connectivity index is 0.00000225. The summed E-state index contributed by atoms with van der Waals surface area (Å²) in [5, 5.41) is 6.02. The van der Waals surface area contributed by atoms with E-state index in [9.17, 15) is 0 Å². The van der Waals surface area contributed by atoms with Crippen LogP contribution in [0.15, 0.2) is 60.7 Å². The lowest BCUT2D eigenvalue weighted by Gasteiger charge is -2.13. The van der Waals surface area contributed by atoms with Crippen molar-refractivity contribution in [2.75, 3.05) is 20.8 Å². The summed E-state index contributed by atoms with van der Waals surface area (Å²) in [6, 6.07) is 20.8. The molecule has 0 saturated heterocycles. The molecule has 0 bridgehead atoms. The van der Waals surface area contributed by atoms with Crippen molar-refractivity contribution in [1.29, 1.82) is 0 Å². The molecule has 0 aliphatic rings. The van der Waals surface area contributed by atoms with Crippen molar-refractivity contribution in [3.05, 3.63) is 71.8 Å². The van der Waals surface area contributed by atoms with Crippen LogP contribution in [-0.2, 0) is 13.0 Å². The molecule has 0 spiro atoms. The summed E-state index contributed by atoms with van der Waals surface area (Å²) in [6.45, 7) is 1.71. The summed E-state index contributed by atoms with van der Waals surface area (Å²) in [7, 11) is 3.42. The number of hydrogen-bond donors (Lipinski definition) is 1. The van der Waals surface area contributed by atoms with Gasteiger partial charge in [0.05, 0.1) is 14.2 Å². The average molecular weight is 358 g/mol. The molecular formula is C21H24ClNO2. The van der Waals surface area contributed by atoms with E-state index in [1.807, 2.05) is 18.2 Å². The molecule has 0 radical (unpaired) electrons. The van der Waals surface area contributed by atoms with Gasteiger partial charge < -0.3 is 14.8 Å². The number of ether oxygens (including phenoxy) is 2. The van der Waals surface area contributed by atoms with Gasteiger partial charge in [-0.05, 0) is 47.5 Å². The first kappa shape index (κ1) is 19.1. The van der Waals surface area contributed by atoms with E-state index in [0.29, 0.717) is 0 Å². The number of nitrogens with one attached hydrogen (secondary N) is 1. The lowest BCUT2D eigenvalue weighted by molar-refractivity contribution is 0.409. The first-order valence-electron chi connectivity index (χ1n) is 8.20. The topological polar surface area (TPSA) is 30.5 Å². The van der Waals surface area contributed by atoms with Crippen molar-refractivity contribution in [2.24, 2.45) is 0 Å². The lowest BCUT2D eigenvalue weighted by Crippen LogP contribution is -2.17. The fourth-order valence-electron chi connectivity index (χ4n) is 2.93. The van der Waals surface area contributed by atoms with Crippen molar-refractivity contribution in [1.82, 2.24) is 5.32 Å². The number of benzene rings is 3. The second-order valence-corrected chi connectivity index (χ2v) is 5.74. The molecule has 0 amide bonds. The Labute approximate surface area is 155 Å². The average Bonchev–Trinajstić information content (AvgIpc) is 2.65. The second-order valence-electron chi connectivity index (χ2n) is 5.74. The molecule has 0 fully saturated rings. The first-order chi connectivity index (χ1) is 11.8. The highest BCUT2D eigenvalue weighted by molar-refractivity contribution is 5.87. The van der Waals surface area contributed by atoms with E-state index in [1.165, 1.54) is 21.9 Å². The minimum absolute atomic E-state index is 0. The van der Waals surface area contributed by atoms with Crippen LogP contribution in [0.4, 0.5) is 0 Å². The van der Waals surface area contributed by atoms with Crippen molar-refractivity contribution in [2.45, 2.75) is 13.0 Å². The van der Waals surface area contributed by atoms with E-state index in [0.717, 1.165) is 31.0 Å². The van der Waals surface area contributed by atoms with E-state index < -0.39 is 0 Å². The monoisotopic (exact) mass is 357 g/mol. The molecule has 3 nitrogen and oxygen atoms in total. The summed E-state index contributed by atoms with van der Waals surface area (Å²) < 4.78 is 10.7. The van der Waals surface area contributed by atoms with Gasteiger partial charge in [0, 0.05) is 12.1 Å². The zero-order valence-corrected chi connectivity index (χ0v) is 15.4. The maximum Gasteiger partial charge on any atom is 0.123 e. The van der Waals surface area contributed by atoms with Crippen molar-refractivity contribution < 1.29 is 9.47 Å². The van der Waals surface area contributed by atoms with Crippen LogP contribution >= 0.6 is 12.4 Å². The van der Waals surface area contributed by atoms with Crippen LogP contribution in [0, 0.1) is 0 Å². The van der Waals surface area contributed by atoms with E-state index in [4.69, 9.17) is 9.47 Å². The molecule has 25 heavy (non-hydrogen) atoms. The molecule has 3 aromatic carbocycles. The molecule has 0 saturated carbocycles. The van der Waals surface area contributed by atoms with Gasteiger partial charge >= 0.3 is 0 Å². The highest BCUT2D eigenvalue weighted by Crippen LogP contribution is 2.27. The third-order valence-corrected chi connectivity index (χ3v) is 4.27. The summed E-state index contributed by atoms with van der Waals surface area (Å²) >= 11 is 0. The molecule has 132 valence electrons. The zero-order chi connectivity index (χ0) is 16.8. The first-order valence-corrected chi connectivity index (χ1v) is 8.20. The predicted octanol–water partition coefficient (Wildman–Crippen LogP) is 4.61. The number of halogens is 1. The van der Waals surface area contributed by atoms with Gasteiger partial charge in [-0.1, -0.05) is 42.5 Å². The summed E-state index contributed by atoms with van der Waals surface area (Å²) in [6.07, 6.45) is 0.983. The predicted molar refractivity (Wildman–Crippen MR) is 106 cm³/mol. The van der Waals surface area contributed by atoms with E-state index in [-0.39, 0.29) is 12.4 Å². The Morgan fingerprint density at radius 2 is 1.60 bits per heavy atom. The minimum Gasteiger partial charge on any atom is -0.497 e. The highest BCUT2D eigenvalue weighted by Gasteiger charge is 2.07. The third kappa shape index (κ3) is 4.65. The fourth-order valence-corrected chi connectivity index (χ4v) is 2.93. The van der Waals surface area contributed by atoms with Crippen molar-refractivity contribution in [3.8, 4) is 11.5 Å². The van der Waals surface area contributed by atoms with Crippen molar-refractivity contribution in [3.63, 3.8) is 0 Å². The normalized spacial score (nSPS) is 10.3. The standard InChI is InChI=1S/C21H23NO2.ClH/c1-23-18-10-7-16(8-11-18)13-14-22-15-20-19-6-4-3-5-17(19)9-12-21(20)24-2;/h3-12,22H,13-15H2,1-2H3;1H. The Bertz CT molecular complexity index is 803. The van der Waals surface area contributed by atoms with Crippen LogP contribution in [-0.4, -0.2) is 20.8 Å². The van der Waals surface area contributed by atoms with Gasteiger partial charge in [0.25, 0.3) is 0 Å². The minimum atomic E-state index is 0. The second kappa shape index (κ2) is 9.30. The van der Waals surface area contributed by atoms with Gasteiger partial charge in [-0.3, -0.25) is 0 Å². The van der Waals surface area contributed by atoms with Gasteiger partial charge in [-0.2, -0.15) is 0 Å². The number of hydrogen-bond acceptors (Lipinski definition) is 3. The molecule has 0 unspecified atom stereocenters. The van der Waals surface area contributed by atoms with Crippen LogP contribution < -0.4 is 14.8 Å². The maximum atomic E-state index is 5.54. The smallest absolute Gasteiger partial charge is 0.123 e. The Morgan fingerprint density at radius 3 is 2.32 bits per heavy atom. The summed E-state index contributed by atoms with van der Waals surface area (Å²) in [5.74, 6) is 1.83. The van der Waals surface area contributed by atoms with Gasteiger partial charge in [-0.25, -0.2) is 0 Å². The van der Waals surface area contributed by atoms with Gasteiger partial charge in [0.15, 0.2) is 0 Å². The van der Waals surface area contributed by atoms with Crippen LogP contribution in [0.5, 0.6) is 11.5 Å². The highest BCUT2D eigenvalue weighted by atomic mass is 35.5.